The molecular formula is C22H18N4O2. The summed E-state index contributed by atoms with van der Waals surface area (Å²) in [6.07, 6.45) is 0. The van der Waals surface area contributed by atoms with E-state index in [-0.39, 0.29) is 10.9 Å². The van der Waals surface area contributed by atoms with Gasteiger partial charge in [-0.2, -0.15) is 0 Å². The van der Waals surface area contributed by atoms with Gasteiger partial charge in [0, 0.05) is 10.8 Å². The lowest BCUT2D eigenvalue weighted by Gasteiger charge is -2.14. The minimum absolute atomic E-state index is 0.131. The SMILES string of the molecule is Cc1ccc2c(c1)c(=O)c1cc3c(cc1n2N)c(=O)c1cc(C)ccc1n3N. The molecule has 138 valence electrons. The van der Waals surface area contributed by atoms with E-state index in [0.717, 1.165) is 11.1 Å². The second-order valence-electron chi connectivity index (χ2n) is 7.33. The van der Waals surface area contributed by atoms with Gasteiger partial charge in [0.2, 0.25) is 0 Å². The molecule has 0 radical (unpaired) electrons. The van der Waals surface area contributed by atoms with Crippen LogP contribution in [0.3, 0.4) is 0 Å². The van der Waals surface area contributed by atoms with Gasteiger partial charge in [0.15, 0.2) is 10.9 Å². The maximum atomic E-state index is 13.1. The highest BCUT2D eigenvalue weighted by molar-refractivity contribution is 6.03. The van der Waals surface area contributed by atoms with Gasteiger partial charge in [-0.25, -0.2) is 0 Å². The lowest BCUT2D eigenvalue weighted by molar-refractivity contribution is 1.09. The van der Waals surface area contributed by atoms with Gasteiger partial charge in [-0.15, -0.1) is 0 Å². The van der Waals surface area contributed by atoms with Crippen molar-refractivity contribution in [3.05, 3.63) is 80.1 Å². The molecular weight excluding hydrogens is 352 g/mol. The molecule has 5 rings (SSSR count). The zero-order chi connectivity index (χ0) is 19.7. The standard InChI is InChI=1S/C22H18N4O2/c1-11-3-5-17-13(7-11)21(27)15-9-20-16(10-19(15)25(17)23)22(28)14-8-12(2)4-6-18(14)26(20)24/h3-10H,23-24H2,1-2H3. The summed E-state index contributed by atoms with van der Waals surface area (Å²) in [6, 6.07) is 14.4. The van der Waals surface area contributed by atoms with E-state index in [9.17, 15) is 9.59 Å². The number of benzene rings is 3. The van der Waals surface area contributed by atoms with Crippen molar-refractivity contribution in [3.8, 4) is 0 Å². The molecule has 6 nitrogen and oxygen atoms in total. The quantitative estimate of drug-likeness (QED) is 0.324. The number of rotatable bonds is 0. The predicted molar refractivity (Wildman–Crippen MR) is 115 cm³/mol. The fraction of sp³-hybridized carbons (Fsp3) is 0.0909. The Morgan fingerprint density at radius 2 is 0.929 bits per heavy atom. The molecule has 0 spiro atoms. The first kappa shape index (κ1) is 16.4. The lowest BCUT2D eigenvalue weighted by atomic mass is 10.0. The number of nitrogen functional groups attached to an aromatic ring is 2. The second kappa shape index (κ2) is 5.36. The van der Waals surface area contributed by atoms with E-state index in [2.05, 4.69) is 0 Å². The molecule has 6 heteroatoms. The van der Waals surface area contributed by atoms with E-state index in [0.29, 0.717) is 43.6 Å². The van der Waals surface area contributed by atoms with E-state index in [4.69, 9.17) is 11.7 Å². The highest BCUT2D eigenvalue weighted by Crippen LogP contribution is 2.24. The van der Waals surface area contributed by atoms with Crippen LogP contribution >= 0.6 is 0 Å². The molecule has 0 fully saturated rings. The maximum Gasteiger partial charge on any atom is 0.197 e. The molecule has 2 heterocycles. The maximum absolute atomic E-state index is 13.1. The number of aromatic nitrogens is 2. The van der Waals surface area contributed by atoms with Crippen molar-refractivity contribution < 1.29 is 0 Å². The highest BCUT2D eigenvalue weighted by atomic mass is 16.1. The summed E-state index contributed by atoms with van der Waals surface area (Å²) in [5.74, 6) is 12.7. The third-order valence-electron chi connectivity index (χ3n) is 5.43. The number of aryl methyl sites for hydroxylation is 2. The van der Waals surface area contributed by atoms with Gasteiger partial charge in [-0.1, -0.05) is 23.3 Å². The van der Waals surface area contributed by atoms with Crippen LogP contribution in [0.5, 0.6) is 0 Å². The Morgan fingerprint density at radius 3 is 1.32 bits per heavy atom. The smallest absolute Gasteiger partial charge is 0.197 e. The molecule has 5 aromatic rings. The van der Waals surface area contributed by atoms with Crippen molar-refractivity contribution in [2.24, 2.45) is 0 Å². The zero-order valence-corrected chi connectivity index (χ0v) is 15.5. The molecule has 0 saturated heterocycles. The molecule has 0 aliphatic carbocycles. The zero-order valence-electron chi connectivity index (χ0n) is 15.5. The van der Waals surface area contributed by atoms with E-state index in [1.54, 1.807) is 12.1 Å². The van der Waals surface area contributed by atoms with Crippen molar-refractivity contribution in [3.63, 3.8) is 0 Å². The van der Waals surface area contributed by atoms with E-state index < -0.39 is 0 Å². The summed E-state index contributed by atoms with van der Waals surface area (Å²) >= 11 is 0. The molecule has 2 aromatic heterocycles. The molecule has 0 unspecified atom stereocenters. The first-order valence-electron chi connectivity index (χ1n) is 8.95. The Morgan fingerprint density at radius 1 is 0.571 bits per heavy atom. The lowest BCUT2D eigenvalue weighted by Crippen LogP contribution is -2.20. The number of hydrogen-bond donors (Lipinski definition) is 2. The van der Waals surface area contributed by atoms with Gasteiger partial charge >= 0.3 is 0 Å². The van der Waals surface area contributed by atoms with Gasteiger partial charge < -0.3 is 11.7 Å². The van der Waals surface area contributed by atoms with Gasteiger partial charge in [0.05, 0.1) is 32.8 Å². The normalized spacial score (nSPS) is 11.8. The molecule has 0 saturated carbocycles. The van der Waals surface area contributed by atoms with Crippen molar-refractivity contribution in [1.82, 2.24) is 9.35 Å². The van der Waals surface area contributed by atoms with E-state index in [1.807, 2.05) is 50.2 Å². The fourth-order valence-corrected chi connectivity index (χ4v) is 3.97. The molecule has 0 atom stereocenters. The number of hydrogen-bond acceptors (Lipinski definition) is 4. The summed E-state index contributed by atoms with van der Waals surface area (Å²) < 4.78 is 2.93. The van der Waals surface area contributed by atoms with Gasteiger partial charge in [0.25, 0.3) is 0 Å². The van der Waals surface area contributed by atoms with Crippen LogP contribution in [0.15, 0.2) is 58.1 Å². The monoisotopic (exact) mass is 370 g/mol. The second-order valence-corrected chi connectivity index (χ2v) is 7.33. The minimum atomic E-state index is -0.131. The third-order valence-corrected chi connectivity index (χ3v) is 5.43. The predicted octanol–water partition coefficient (Wildman–Crippen LogP) is 2.67. The number of nitrogens with zero attached hydrogens (tertiary/aromatic N) is 2. The van der Waals surface area contributed by atoms with Gasteiger partial charge in [-0.3, -0.25) is 18.9 Å². The molecule has 0 aliphatic heterocycles. The first-order valence-corrected chi connectivity index (χ1v) is 8.95. The van der Waals surface area contributed by atoms with Crippen LogP contribution < -0.4 is 22.5 Å². The number of nitrogens with two attached hydrogens (primary N) is 2. The van der Waals surface area contributed by atoms with Crippen LogP contribution in [-0.4, -0.2) is 9.35 Å². The van der Waals surface area contributed by atoms with Crippen molar-refractivity contribution >= 4 is 43.6 Å². The summed E-state index contributed by atoms with van der Waals surface area (Å²) in [7, 11) is 0. The first-order chi connectivity index (χ1) is 13.4. The highest BCUT2D eigenvalue weighted by Gasteiger charge is 2.15. The molecule has 0 amide bonds. The minimum Gasteiger partial charge on any atom is -0.339 e. The van der Waals surface area contributed by atoms with Crippen molar-refractivity contribution in [1.29, 1.82) is 0 Å². The Hall–Kier alpha value is -3.80. The van der Waals surface area contributed by atoms with Crippen molar-refractivity contribution in [2.75, 3.05) is 11.7 Å². The van der Waals surface area contributed by atoms with E-state index >= 15 is 0 Å². The van der Waals surface area contributed by atoms with Gasteiger partial charge in [-0.05, 0) is 50.2 Å². The molecule has 0 aliphatic rings. The number of fused-ring (bicyclic) bond motifs is 4. The Bertz CT molecular complexity index is 1470. The largest absolute Gasteiger partial charge is 0.339 e. The third kappa shape index (κ3) is 2.02. The molecule has 28 heavy (non-hydrogen) atoms. The van der Waals surface area contributed by atoms with E-state index in [1.165, 1.54) is 9.35 Å². The summed E-state index contributed by atoms with van der Waals surface area (Å²) in [6.45, 7) is 3.85. The van der Waals surface area contributed by atoms with Crippen LogP contribution in [0.4, 0.5) is 0 Å². The average Bonchev–Trinajstić information content (AvgIpc) is 2.69. The van der Waals surface area contributed by atoms with Crippen molar-refractivity contribution in [2.45, 2.75) is 13.8 Å². The topological polar surface area (TPSA) is 96.0 Å². The summed E-state index contributed by atoms with van der Waals surface area (Å²) in [5.41, 5.74) is 3.92. The average molecular weight is 370 g/mol. The summed E-state index contributed by atoms with van der Waals surface area (Å²) in [4.78, 5) is 26.3. The molecule has 0 bridgehead atoms. The van der Waals surface area contributed by atoms with Crippen LogP contribution in [0.1, 0.15) is 11.1 Å². The Kier molecular flexibility index (Phi) is 3.13. The Balaban J connectivity index is 2.08. The molecule has 4 N–H and O–H groups in total. The fourth-order valence-electron chi connectivity index (χ4n) is 3.97. The molecule has 3 aromatic carbocycles. The van der Waals surface area contributed by atoms with Crippen LogP contribution in [0.25, 0.3) is 43.6 Å². The number of pyridine rings is 2. The van der Waals surface area contributed by atoms with Crippen LogP contribution in [-0.2, 0) is 0 Å². The Labute approximate surface area is 159 Å². The summed E-state index contributed by atoms with van der Waals surface area (Å²) in [5, 5.41) is 1.93. The van der Waals surface area contributed by atoms with Crippen LogP contribution in [0.2, 0.25) is 0 Å². The van der Waals surface area contributed by atoms with Gasteiger partial charge in [0.1, 0.15) is 0 Å². The van der Waals surface area contributed by atoms with Crippen LogP contribution in [0, 0.1) is 13.8 Å².